The molecular weight excluding hydrogens is 304 g/mol. The van der Waals surface area contributed by atoms with Crippen molar-refractivity contribution in [1.29, 1.82) is 0 Å². The first kappa shape index (κ1) is 17.2. The average molecular weight is 331 g/mol. The van der Waals surface area contributed by atoms with E-state index in [9.17, 15) is 0 Å². The Hall–Kier alpha value is -1.21. The van der Waals surface area contributed by atoms with Crippen LogP contribution < -0.4 is 10.4 Å². The molecule has 0 saturated heterocycles. The molecule has 0 saturated carbocycles. The fraction of sp³-hybridized carbons (Fsp3) is 0.333. The zero-order valence-electron chi connectivity index (χ0n) is 14.2. The molecule has 4 heteroatoms. The van der Waals surface area contributed by atoms with E-state index in [0.29, 0.717) is 0 Å². The zero-order chi connectivity index (χ0) is 16.2. The van der Waals surface area contributed by atoms with Gasteiger partial charge in [-0.15, -0.1) is 0 Å². The predicted molar refractivity (Wildman–Crippen MR) is 98.6 cm³/mol. The molecule has 118 valence electrons. The maximum absolute atomic E-state index is 6.76. The molecule has 0 aromatic heterocycles. The highest BCUT2D eigenvalue weighted by Crippen LogP contribution is 2.18. The van der Waals surface area contributed by atoms with Crippen LogP contribution in [0.2, 0.25) is 19.6 Å². The van der Waals surface area contributed by atoms with E-state index in [0.717, 1.165) is 0 Å². The van der Waals surface area contributed by atoms with Gasteiger partial charge in [-0.1, -0.05) is 60.7 Å². The lowest BCUT2D eigenvalue weighted by molar-refractivity contribution is 0.197. The third-order valence-electron chi connectivity index (χ3n) is 3.16. The predicted octanol–water partition coefficient (Wildman–Crippen LogP) is 3.52. The van der Waals surface area contributed by atoms with Crippen molar-refractivity contribution in [2.45, 2.75) is 39.6 Å². The molecule has 0 unspecified atom stereocenters. The van der Waals surface area contributed by atoms with Gasteiger partial charge in [-0.2, -0.15) is 0 Å². The van der Waals surface area contributed by atoms with Crippen molar-refractivity contribution in [3.05, 3.63) is 60.7 Å². The van der Waals surface area contributed by atoms with Crippen molar-refractivity contribution in [3.8, 4) is 0 Å². The molecule has 0 bridgehead atoms. The maximum Gasteiger partial charge on any atom is 0.397 e. The van der Waals surface area contributed by atoms with Gasteiger partial charge in [-0.05, 0) is 43.9 Å². The summed E-state index contributed by atoms with van der Waals surface area (Å²) in [7, 11) is -4.47. The molecule has 2 rings (SSSR count). The number of hydrogen-bond acceptors (Lipinski definition) is 2. The smallest absolute Gasteiger partial charge is 0.397 e. The van der Waals surface area contributed by atoms with E-state index in [1.165, 1.54) is 10.4 Å². The summed E-state index contributed by atoms with van der Waals surface area (Å²) < 4.78 is 13.3. The topological polar surface area (TPSA) is 18.5 Å². The number of benzene rings is 2. The van der Waals surface area contributed by atoms with E-state index in [1.54, 1.807) is 0 Å². The third kappa shape index (κ3) is 4.17. The molecule has 0 spiro atoms. The monoisotopic (exact) mass is 330 g/mol. The highest BCUT2D eigenvalue weighted by atomic mass is 28.4. The first-order chi connectivity index (χ1) is 10.3. The molecule has 0 aliphatic rings. The second kappa shape index (κ2) is 6.92. The third-order valence-corrected chi connectivity index (χ3v) is 9.75. The minimum absolute atomic E-state index is 0.114. The van der Waals surface area contributed by atoms with Crippen LogP contribution in [0.4, 0.5) is 0 Å². The summed E-state index contributed by atoms with van der Waals surface area (Å²) in [6.45, 7) is 10.8. The minimum Gasteiger partial charge on any atom is -0.430 e. The van der Waals surface area contributed by atoms with Crippen LogP contribution in [0, 0.1) is 0 Å². The van der Waals surface area contributed by atoms with Crippen molar-refractivity contribution < 1.29 is 8.54 Å². The molecule has 0 radical (unpaired) electrons. The highest BCUT2D eigenvalue weighted by Gasteiger charge is 2.46. The first-order valence-corrected chi connectivity index (χ1v) is 13.0. The van der Waals surface area contributed by atoms with E-state index in [1.807, 2.05) is 12.1 Å². The van der Waals surface area contributed by atoms with Crippen LogP contribution in [-0.2, 0) is 8.54 Å². The summed E-state index contributed by atoms with van der Waals surface area (Å²) in [5.74, 6) is 0. The van der Waals surface area contributed by atoms with Crippen LogP contribution in [0.5, 0.6) is 0 Å². The van der Waals surface area contributed by atoms with Crippen LogP contribution in [0.3, 0.4) is 0 Å². The molecule has 2 nitrogen and oxygen atoms in total. The van der Waals surface area contributed by atoms with Crippen LogP contribution in [-0.4, -0.2) is 23.0 Å². The quantitative estimate of drug-likeness (QED) is 0.755. The van der Waals surface area contributed by atoms with Crippen molar-refractivity contribution >= 4 is 27.3 Å². The van der Waals surface area contributed by atoms with Crippen molar-refractivity contribution in [1.82, 2.24) is 0 Å². The normalized spacial score (nSPS) is 12.6. The Balaban J connectivity index is 2.63. The van der Waals surface area contributed by atoms with Gasteiger partial charge < -0.3 is 8.54 Å². The second-order valence-corrected chi connectivity index (χ2v) is 14.4. The molecule has 2 aromatic rings. The summed E-state index contributed by atoms with van der Waals surface area (Å²) >= 11 is 0. The van der Waals surface area contributed by atoms with Gasteiger partial charge >= 0.3 is 8.56 Å². The van der Waals surface area contributed by atoms with Crippen LogP contribution in [0.15, 0.2) is 60.7 Å². The highest BCUT2D eigenvalue weighted by molar-refractivity contribution is 6.98. The summed E-state index contributed by atoms with van der Waals surface area (Å²) in [5, 5.41) is 2.36. The van der Waals surface area contributed by atoms with Crippen molar-refractivity contribution in [2.24, 2.45) is 0 Å². The van der Waals surface area contributed by atoms with Gasteiger partial charge in [0.1, 0.15) is 0 Å². The minimum atomic E-state index is -2.68. The zero-order valence-corrected chi connectivity index (χ0v) is 16.2. The van der Waals surface area contributed by atoms with Gasteiger partial charge in [-0.3, -0.25) is 0 Å². The molecular formula is C18H26O2Si2. The van der Waals surface area contributed by atoms with E-state index in [2.05, 4.69) is 82.0 Å². The fourth-order valence-corrected chi connectivity index (χ4v) is 9.64. The summed E-state index contributed by atoms with van der Waals surface area (Å²) in [5.41, 5.74) is 0. The molecule has 0 atom stereocenters. The maximum atomic E-state index is 6.76. The van der Waals surface area contributed by atoms with E-state index in [-0.39, 0.29) is 6.10 Å². The van der Waals surface area contributed by atoms with E-state index >= 15 is 0 Å². The number of hydrogen-bond donors (Lipinski definition) is 0. The van der Waals surface area contributed by atoms with Crippen molar-refractivity contribution in [3.63, 3.8) is 0 Å². The Morgan fingerprint density at radius 1 is 0.727 bits per heavy atom. The average Bonchev–Trinajstić information content (AvgIpc) is 2.46. The summed E-state index contributed by atoms with van der Waals surface area (Å²) in [4.78, 5) is 0. The molecule has 0 fully saturated rings. The molecule has 0 aliphatic carbocycles. The first-order valence-electron chi connectivity index (χ1n) is 7.82. The molecule has 0 heterocycles. The van der Waals surface area contributed by atoms with Crippen LogP contribution in [0.1, 0.15) is 13.8 Å². The molecule has 22 heavy (non-hydrogen) atoms. The van der Waals surface area contributed by atoms with Gasteiger partial charge in [-0.25, -0.2) is 0 Å². The van der Waals surface area contributed by atoms with Crippen molar-refractivity contribution in [2.75, 3.05) is 0 Å². The van der Waals surface area contributed by atoms with Gasteiger partial charge in [0.15, 0.2) is 8.32 Å². The fourth-order valence-electron chi connectivity index (χ4n) is 2.52. The second-order valence-electron chi connectivity index (χ2n) is 6.73. The summed E-state index contributed by atoms with van der Waals surface area (Å²) in [6, 6.07) is 20.9. The Labute approximate surface area is 136 Å². The summed E-state index contributed by atoms with van der Waals surface area (Å²) in [6.07, 6.45) is 0.114. The lowest BCUT2D eigenvalue weighted by atomic mass is 10.4. The molecule has 0 amide bonds. The Kier molecular flexibility index (Phi) is 5.39. The lowest BCUT2D eigenvalue weighted by Crippen LogP contribution is -2.67. The van der Waals surface area contributed by atoms with Crippen LogP contribution >= 0.6 is 0 Å². The number of rotatable bonds is 6. The standard InChI is InChI=1S/C18H26O2Si2/c1-16(2)19-22(20-21(3,4)5,17-12-8-6-9-13-17)18-14-10-7-11-15-18/h6-16H,1-5H3. The van der Waals surface area contributed by atoms with Gasteiger partial charge in [0.05, 0.1) is 0 Å². The lowest BCUT2D eigenvalue weighted by Gasteiger charge is -2.38. The largest absolute Gasteiger partial charge is 0.430 e. The van der Waals surface area contributed by atoms with Gasteiger partial charge in [0.2, 0.25) is 0 Å². The van der Waals surface area contributed by atoms with Gasteiger partial charge in [0.25, 0.3) is 0 Å². The van der Waals surface area contributed by atoms with Gasteiger partial charge in [0, 0.05) is 6.10 Å². The molecule has 0 aliphatic heterocycles. The Morgan fingerprint density at radius 2 is 1.14 bits per heavy atom. The van der Waals surface area contributed by atoms with E-state index < -0.39 is 16.9 Å². The molecule has 0 N–H and O–H groups in total. The Morgan fingerprint density at radius 3 is 1.45 bits per heavy atom. The molecule has 2 aromatic carbocycles. The SMILES string of the molecule is CC(C)O[Si](O[Si](C)(C)C)(c1ccccc1)c1ccccc1. The van der Waals surface area contributed by atoms with E-state index in [4.69, 9.17) is 8.54 Å². The van der Waals surface area contributed by atoms with Crippen LogP contribution in [0.25, 0.3) is 0 Å². The Bertz CT molecular complexity index is 538.